The van der Waals surface area contributed by atoms with Crippen molar-refractivity contribution in [2.24, 2.45) is 0 Å². The van der Waals surface area contributed by atoms with Crippen molar-refractivity contribution < 1.29 is 41.4 Å². The molecule has 1 aliphatic carbocycles. The maximum absolute atomic E-state index is 12.6. The first-order chi connectivity index (χ1) is 20.8. The van der Waals surface area contributed by atoms with Crippen LogP contribution >= 0.6 is 0 Å². The quantitative estimate of drug-likeness (QED) is 0.174. The van der Waals surface area contributed by atoms with Gasteiger partial charge in [-0.1, -0.05) is 121 Å². The van der Waals surface area contributed by atoms with Crippen LogP contribution in [0.2, 0.25) is 0 Å². The third-order valence-electron chi connectivity index (χ3n) is 7.33. The second-order valence-corrected chi connectivity index (χ2v) is 10.7. The molecule has 6 rings (SSSR count). The van der Waals surface area contributed by atoms with Gasteiger partial charge in [-0.05, 0) is 68.2 Å². The Balaban J connectivity index is 0.000000519. The molecule has 2 N–H and O–H groups in total. The molecule has 44 heavy (non-hydrogen) atoms. The van der Waals surface area contributed by atoms with Crippen LogP contribution in [0.1, 0.15) is 36.1 Å². The van der Waals surface area contributed by atoms with Crippen LogP contribution in [0.4, 0.5) is 0 Å². The van der Waals surface area contributed by atoms with E-state index in [1.165, 1.54) is 6.08 Å². The Hall–Kier alpha value is -2.96. The molecule has 5 heteroatoms. The van der Waals surface area contributed by atoms with Crippen LogP contribution < -0.4 is 0 Å². The van der Waals surface area contributed by atoms with Crippen LogP contribution in [0.25, 0.3) is 0 Å². The number of rotatable bonds is 6. The van der Waals surface area contributed by atoms with E-state index in [9.17, 15) is 10.2 Å². The molecule has 223 valence electrons. The summed E-state index contributed by atoms with van der Waals surface area (Å²) in [5.74, 6) is -1.05. The topological polar surface area (TPSA) is 58.9 Å². The fraction of sp³-hybridized carbons (Fsp3) is 0.179. The smallest absolute Gasteiger partial charge is 0.378 e. The standard InChI is InChI=1S/C31H30O4.C5H5.C3H5.Ti/c1-29(2)34-27(30(32,23-15-7-3-8-16-23)24-17-9-4-10-18-24)28(35-29)31(33,25-19-11-5-12-20-25)26-21-13-6-14-22-26;1-2-4-5-3-1;1-3-2;/h3-22,27-28,32-33H,1-2H3;1-5H;3H,1-2H2;/q;;-1;+2/t27-,28-;;;/m1.../s1. The van der Waals surface area contributed by atoms with E-state index in [-0.39, 0.29) is 21.7 Å². The fourth-order valence-corrected chi connectivity index (χ4v) is 5.45. The van der Waals surface area contributed by atoms with Gasteiger partial charge in [-0.15, -0.1) is 0 Å². The molecule has 1 saturated carbocycles. The predicted molar refractivity (Wildman–Crippen MR) is 173 cm³/mol. The number of ether oxygens (including phenoxy) is 2. The summed E-state index contributed by atoms with van der Waals surface area (Å²) in [5.41, 5.74) is -0.564. The number of aliphatic hydroxyl groups is 2. The third-order valence-corrected chi connectivity index (χ3v) is 7.33. The molecule has 2 fully saturated rings. The Bertz CT molecular complexity index is 1190. The second-order valence-electron chi connectivity index (χ2n) is 10.7. The van der Waals surface area contributed by atoms with Crippen LogP contribution in [0.3, 0.4) is 0 Å². The summed E-state index contributed by atoms with van der Waals surface area (Å²) < 4.78 is 13.0. The van der Waals surface area contributed by atoms with Gasteiger partial charge in [-0.25, -0.2) is 19.6 Å². The first kappa shape index (κ1) is 35.5. The van der Waals surface area contributed by atoms with Crippen molar-refractivity contribution in [2.45, 2.75) is 43.0 Å². The van der Waals surface area contributed by atoms with E-state index >= 15 is 0 Å². The summed E-state index contributed by atoms with van der Waals surface area (Å²) in [6.45, 7) is 10.1. The summed E-state index contributed by atoms with van der Waals surface area (Å²) in [6.07, 6.45) is 9.63. The zero-order chi connectivity index (χ0) is 30.8. The Kier molecular flexibility index (Phi) is 13.2. The largest absolute Gasteiger partial charge is 2.00 e. The zero-order valence-corrected chi connectivity index (χ0v) is 26.9. The Morgan fingerprint density at radius 2 is 0.773 bits per heavy atom. The molecule has 0 unspecified atom stereocenters. The van der Waals surface area contributed by atoms with Crippen LogP contribution in [0, 0.1) is 39.0 Å². The summed E-state index contributed by atoms with van der Waals surface area (Å²) in [4.78, 5) is 0. The Morgan fingerprint density at radius 1 is 0.568 bits per heavy atom. The van der Waals surface area contributed by atoms with E-state index in [0.717, 1.165) is 0 Å². The molecule has 2 atom stereocenters. The SMILES string of the molecule is C=C[CH2-].CC1(C)O[C@@H](C(O)(c2ccccc2)c2ccccc2)[C@H](C(O)(c2ccccc2)c2ccccc2)O1.[CH]1[CH][CH][CH][CH]1.[Ti+2]. The molecule has 4 nitrogen and oxygen atoms in total. The number of hydrogen-bond acceptors (Lipinski definition) is 4. The summed E-state index contributed by atoms with van der Waals surface area (Å²) in [5, 5.41) is 25.2. The maximum atomic E-state index is 12.6. The van der Waals surface area contributed by atoms with Crippen molar-refractivity contribution in [3.05, 3.63) is 195 Å². The predicted octanol–water partition coefficient (Wildman–Crippen LogP) is 7.40. The van der Waals surface area contributed by atoms with Gasteiger partial charge < -0.3 is 19.7 Å². The van der Waals surface area contributed by atoms with E-state index in [1.54, 1.807) is 0 Å². The van der Waals surface area contributed by atoms with Crippen LogP contribution in [-0.4, -0.2) is 28.2 Å². The van der Waals surface area contributed by atoms with Gasteiger partial charge in [0.25, 0.3) is 0 Å². The van der Waals surface area contributed by atoms with Gasteiger partial charge >= 0.3 is 21.7 Å². The third kappa shape index (κ3) is 8.00. The second kappa shape index (κ2) is 16.4. The first-order valence-corrected chi connectivity index (χ1v) is 14.4. The van der Waals surface area contributed by atoms with Gasteiger partial charge in [0.2, 0.25) is 0 Å². The molecule has 0 bridgehead atoms. The summed E-state index contributed by atoms with van der Waals surface area (Å²) in [6, 6.07) is 37.8. The molecule has 0 spiro atoms. The van der Waals surface area contributed by atoms with Gasteiger partial charge in [0, 0.05) is 0 Å². The minimum atomic E-state index is -1.60. The van der Waals surface area contributed by atoms with Gasteiger partial charge in [-0.2, -0.15) is 0 Å². The molecule has 4 aromatic carbocycles. The molecule has 0 aromatic heterocycles. The minimum absolute atomic E-state index is 0. The molecule has 2 aliphatic rings. The number of benzene rings is 4. The van der Waals surface area contributed by atoms with Crippen LogP contribution in [0.5, 0.6) is 0 Å². The molecule has 0 amide bonds. The molecular formula is C39H40O4Ti+. The zero-order valence-electron chi connectivity index (χ0n) is 25.3. The summed E-state index contributed by atoms with van der Waals surface area (Å²) >= 11 is 0. The van der Waals surface area contributed by atoms with Crippen LogP contribution in [0.15, 0.2) is 134 Å². The van der Waals surface area contributed by atoms with Crippen LogP contribution in [-0.2, 0) is 42.4 Å². The van der Waals surface area contributed by atoms with E-state index in [1.807, 2.05) is 167 Å². The molecule has 1 aliphatic heterocycles. The fourth-order valence-electron chi connectivity index (χ4n) is 5.45. The summed E-state index contributed by atoms with van der Waals surface area (Å²) in [7, 11) is 0. The van der Waals surface area contributed by atoms with Gasteiger partial charge in [-0.3, -0.25) is 0 Å². The average Bonchev–Trinajstić information content (AvgIpc) is 3.75. The van der Waals surface area contributed by atoms with E-state index < -0.39 is 29.2 Å². The molecule has 4 aromatic rings. The van der Waals surface area contributed by atoms with Crippen molar-refractivity contribution in [2.75, 3.05) is 0 Å². The average molecular weight is 621 g/mol. The number of hydrogen-bond donors (Lipinski definition) is 2. The van der Waals surface area contributed by atoms with Crippen molar-refractivity contribution in [3.8, 4) is 0 Å². The molecule has 1 heterocycles. The van der Waals surface area contributed by atoms with Crippen molar-refractivity contribution >= 4 is 0 Å². The van der Waals surface area contributed by atoms with E-state index in [0.29, 0.717) is 22.3 Å². The monoisotopic (exact) mass is 620 g/mol. The van der Waals surface area contributed by atoms with E-state index in [4.69, 9.17) is 9.47 Å². The number of allylic oxidation sites excluding steroid dienone is 1. The van der Waals surface area contributed by atoms with Crippen molar-refractivity contribution in [1.29, 1.82) is 0 Å². The molecule has 5 radical (unpaired) electrons. The van der Waals surface area contributed by atoms with Gasteiger partial charge in [0.1, 0.15) is 23.4 Å². The molecular weight excluding hydrogens is 580 g/mol. The van der Waals surface area contributed by atoms with Gasteiger partial charge in [0.15, 0.2) is 5.79 Å². The van der Waals surface area contributed by atoms with Gasteiger partial charge in [0.05, 0.1) is 0 Å². The maximum Gasteiger partial charge on any atom is 2.00 e. The molecule has 1 saturated heterocycles. The van der Waals surface area contributed by atoms with E-state index in [2.05, 4.69) is 13.5 Å². The van der Waals surface area contributed by atoms with Crippen molar-refractivity contribution in [3.63, 3.8) is 0 Å². The van der Waals surface area contributed by atoms with Crippen molar-refractivity contribution in [1.82, 2.24) is 0 Å². The normalized spacial score (nSPS) is 18.9. The minimum Gasteiger partial charge on any atom is -0.378 e. The Labute approximate surface area is 278 Å². The Morgan fingerprint density at radius 3 is 0.977 bits per heavy atom. The first-order valence-electron chi connectivity index (χ1n) is 14.4.